The van der Waals surface area contributed by atoms with Gasteiger partial charge >= 0.3 is 0 Å². The summed E-state index contributed by atoms with van der Waals surface area (Å²) >= 11 is 11.4. The van der Waals surface area contributed by atoms with Crippen LogP contribution in [0.5, 0.6) is 0 Å². The van der Waals surface area contributed by atoms with Crippen molar-refractivity contribution >= 4 is 29.0 Å². The van der Waals surface area contributed by atoms with Crippen LogP contribution in [0.25, 0.3) is 10.4 Å². The Kier molecular flexibility index (Phi) is 3.59. The van der Waals surface area contributed by atoms with Crippen LogP contribution in [0, 0.1) is 0 Å². The highest BCUT2D eigenvalue weighted by molar-refractivity contribution is 6.37. The third-order valence-electron chi connectivity index (χ3n) is 1.41. The van der Waals surface area contributed by atoms with Gasteiger partial charge in [-0.3, -0.25) is 0 Å². The number of hydrogen-bond acceptors (Lipinski definition) is 2. The minimum atomic E-state index is -0.200. The Morgan fingerprint density at radius 2 is 2.14 bits per heavy atom. The fraction of sp³-hybridized carbons (Fsp3) is 0. The van der Waals surface area contributed by atoms with Gasteiger partial charge in [-0.15, -0.1) is 0 Å². The van der Waals surface area contributed by atoms with E-state index < -0.39 is 0 Å². The third kappa shape index (κ3) is 2.29. The van der Waals surface area contributed by atoms with Crippen molar-refractivity contribution < 1.29 is 5.21 Å². The number of oxime groups is 1. The van der Waals surface area contributed by atoms with Gasteiger partial charge in [0.2, 0.25) is 0 Å². The molecular weight excluding hydrogens is 227 g/mol. The molecular formula is C7H4Cl2N4O. The molecule has 72 valence electrons. The molecule has 1 aromatic rings. The van der Waals surface area contributed by atoms with Crippen molar-refractivity contribution in [3.05, 3.63) is 44.3 Å². The quantitative estimate of drug-likeness (QED) is 0.150. The second kappa shape index (κ2) is 4.72. The predicted molar refractivity (Wildman–Crippen MR) is 53.9 cm³/mol. The predicted octanol–water partition coefficient (Wildman–Crippen LogP) is 3.44. The fourth-order valence-electron chi connectivity index (χ4n) is 0.841. The van der Waals surface area contributed by atoms with E-state index in [1.807, 2.05) is 0 Å². The molecule has 0 radical (unpaired) electrons. The lowest BCUT2D eigenvalue weighted by Crippen LogP contribution is -1.96. The van der Waals surface area contributed by atoms with Gasteiger partial charge in [0.1, 0.15) is 0 Å². The van der Waals surface area contributed by atoms with E-state index in [0.29, 0.717) is 10.6 Å². The normalized spacial score (nSPS) is 10.9. The lowest BCUT2D eigenvalue weighted by Gasteiger charge is -2.01. The number of nitrogens with zero attached hydrogens (tertiary/aromatic N) is 4. The van der Waals surface area contributed by atoms with E-state index in [2.05, 4.69) is 15.2 Å². The molecule has 0 saturated carbocycles. The summed E-state index contributed by atoms with van der Waals surface area (Å²) in [6.45, 7) is 0. The molecule has 14 heavy (non-hydrogen) atoms. The van der Waals surface area contributed by atoms with Gasteiger partial charge in [0.25, 0.3) is 0 Å². The van der Waals surface area contributed by atoms with Crippen LogP contribution >= 0.6 is 23.2 Å². The van der Waals surface area contributed by atoms with Gasteiger partial charge in [-0.1, -0.05) is 28.4 Å². The first-order chi connectivity index (χ1) is 6.69. The highest BCUT2D eigenvalue weighted by Gasteiger charge is 2.07. The van der Waals surface area contributed by atoms with Crippen molar-refractivity contribution in [1.29, 1.82) is 0 Å². The third-order valence-corrected chi connectivity index (χ3v) is 1.95. The fourth-order valence-corrected chi connectivity index (χ4v) is 1.33. The molecule has 0 aromatic heterocycles. The first kappa shape index (κ1) is 10.7. The van der Waals surface area contributed by atoms with Crippen molar-refractivity contribution in [1.82, 2.24) is 0 Å². The zero-order valence-corrected chi connectivity index (χ0v) is 8.24. The number of benzene rings is 1. The Morgan fingerprint density at radius 1 is 1.43 bits per heavy atom. The summed E-state index contributed by atoms with van der Waals surface area (Å²) in [6.07, 6.45) is 0. The summed E-state index contributed by atoms with van der Waals surface area (Å²) < 4.78 is 0. The Morgan fingerprint density at radius 3 is 2.64 bits per heavy atom. The topological polar surface area (TPSA) is 81.4 Å². The van der Waals surface area contributed by atoms with E-state index >= 15 is 0 Å². The average Bonchev–Trinajstić information content (AvgIpc) is 2.15. The first-order valence-corrected chi connectivity index (χ1v) is 4.17. The number of azide groups is 1. The second-order valence-corrected chi connectivity index (χ2v) is 3.08. The zero-order valence-electron chi connectivity index (χ0n) is 6.72. The Hall–Kier alpha value is -1.42. The summed E-state index contributed by atoms with van der Waals surface area (Å²) in [7, 11) is 0. The van der Waals surface area contributed by atoms with Crippen LogP contribution in [0.4, 0.5) is 0 Å². The van der Waals surface area contributed by atoms with Crippen LogP contribution in [0.2, 0.25) is 10.0 Å². The molecule has 1 rings (SSSR count). The van der Waals surface area contributed by atoms with E-state index in [0.717, 1.165) is 0 Å². The van der Waals surface area contributed by atoms with Gasteiger partial charge in [-0.05, 0) is 28.8 Å². The van der Waals surface area contributed by atoms with Crippen molar-refractivity contribution in [2.45, 2.75) is 0 Å². The molecule has 7 heteroatoms. The van der Waals surface area contributed by atoms with Gasteiger partial charge < -0.3 is 5.21 Å². The summed E-state index contributed by atoms with van der Waals surface area (Å²) in [5.74, 6) is -0.200. The molecule has 0 unspecified atom stereocenters. The summed E-state index contributed by atoms with van der Waals surface area (Å²) in [5.41, 5.74) is 8.49. The summed E-state index contributed by atoms with van der Waals surface area (Å²) in [5, 5.41) is 15.2. The van der Waals surface area contributed by atoms with Gasteiger partial charge in [-0.25, -0.2) is 0 Å². The van der Waals surface area contributed by atoms with E-state index in [1.54, 1.807) is 6.07 Å². The zero-order chi connectivity index (χ0) is 10.6. The number of rotatable bonds is 1. The second-order valence-electron chi connectivity index (χ2n) is 2.24. The average molecular weight is 231 g/mol. The summed E-state index contributed by atoms with van der Waals surface area (Å²) in [4.78, 5) is 2.49. The van der Waals surface area contributed by atoms with Crippen LogP contribution in [0.15, 0.2) is 28.5 Å². The molecule has 5 nitrogen and oxygen atoms in total. The van der Waals surface area contributed by atoms with E-state index in [1.165, 1.54) is 12.1 Å². The molecule has 0 aliphatic heterocycles. The number of hydrogen-bond donors (Lipinski definition) is 1. The molecule has 1 aromatic carbocycles. The largest absolute Gasteiger partial charge is 0.410 e. The standard InChI is InChI=1S/C7H4Cl2N4O/c8-4-1-2-5(6(9)3-4)7(12-14)11-13-10/h1-3,14H/b12-7+. The molecule has 1 N–H and O–H groups in total. The molecule has 0 fully saturated rings. The molecule has 0 saturated heterocycles. The maximum Gasteiger partial charge on any atom is 0.174 e. The van der Waals surface area contributed by atoms with Crippen molar-refractivity contribution in [3.63, 3.8) is 0 Å². The van der Waals surface area contributed by atoms with E-state index in [9.17, 15) is 0 Å². The smallest absolute Gasteiger partial charge is 0.174 e. The van der Waals surface area contributed by atoms with Crippen molar-refractivity contribution in [2.75, 3.05) is 0 Å². The maximum absolute atomic E-state index is 8.54. The lowest BCUT2D eigenvalue weighted by molar-refractivity contribution is 0.318. The SMILES string of the molecule is [N-]=[N+]=N/C(=N/O)c1ccc(Cl)cc1Cl. The van der Waals surface area contributed by atoms with Gasteiger partial charge in [0, 0.05) is 15.5 Å². The van der Waals surface area contributed by atoms with Crippen LogP contribution in [0.1, 0.15) is 5.56 Å². The van der Waals surface area contributed by atoms with Crippen LogP contribution in [-0.2, 0) is 0 Å². The van der Waals surface area contributed by atoms with Crippen LogP contribution in [-0.4, -0.2) is 11.0 Å². The van der Waals surface area contributed by atoms with Gasteiger partial charge in [0.15, 0.2) is 5.84 Å². The van der Waals surface area contributed by atoms with Gasteiger partial charge in [0.05, 0.1) is 5.02 Å². The highest BCUT2D eigenvalue weighted by Crippen LogP contribution is 2.21. The van der Waals surface area contributed by atoms with Crippen LogP contribution in [0.3, 0.4) is 0 Å². The summed E-state index contributed by atoms with van der Waals surface area (Å²) in [6, 6.07) is 4.49. The molecule has 0 aliphatic carbocycles. The van der Waals surface area contributed by atoms with Crippen molar-refractivity contribution in [3.8, 4) is 0 Å². The Balaban J connectivity index is 3.25. The highest BCUT2D eigenvalue weighted by atomic mass is 35.5. The maximum atomic E-state index is 8.54. The molecule has 0 bridgehead atoms. The van der Waals surface area contributed by atoms with E-state index in [4.69, 9.17) is 33.9 Å². The van der Waals surface area contributed by atoms with Crippen LogP contribution < -0.4 is 0 Å². The molecule has 0 aliphatic rings. The molecule has 0 atom stereocenters. The molecule has 0 heterocycles. The Labute approximate surface area is 89.2 Å². The monoisotopic (exact) mass is 230 g/mol. The van der Waals surface area contributed by atoms with Crippen molar-refractivity contribution in [2.24, 2.45) is 10.3 Å². The molecule has 0 amide bonds. The lowest BCUT2D eigenvalue weighted by atomic mass is 10.2. The first-order valence-electron chi connectivity index (χ1n) is 3.41. The minimum Gasteiger partial charge on any atom is -0.410 e. The number of halogens is 2. The minimum absolute atomic E-state index is 0.200. The molecule has 0 spiro atoms. The Bertz CT molecular complexity index is 426. The van der Waals surface area contributed by atoms with E-state index in [-0.39, 0.29) is 10.9 Å². The number of amidine groups is 1. The van der Waals surface area contributed by atoms with Gasteiger partial charge in [-0.2, -0.15) is 0 Å².